The summed E-state index contributed by atoms with van der Waals surface area (Å²) in [6.45, 7) is 3.36. The Labute approximate surface area is 160 Å². The van der Waals surface area contributed by atoms with Crippen molar-refractivity contribution >= 4 is 28.9 Å². The number of ether oxygens (including phenoxy) is 1. The zero-order valence-corrected chi connectivity index (χ0v) is 15.6. The lowest BCUT2D eigenvalue weighted by atomic mass is 10.1. The molecule has 0 radical (unpaired) electrons. The molecule has 0 aliphatic carbocycles. The first-order valence-electron chi connectivity index (χ1n) is 8.39. The molecule has 0 N–H and O–H groups in total. The number of amides is 1. The summed E-state index contributed by atoms with van der Waals surface area (Å²) in [5.74, 6) is -1.03. The Bertz CT molecular complexity index is 845. The molecule has 27 heavy (non-hydrogen) atoms. The molecular formula is C18H19N3O5S. The maximum Gasteiger partial charge on any atom is 0.338 e. The minimum Gasteiger partial charge on any atom is -0.465 e. The first-order valence-corrected chi connectivity index (χ1v) is 9.27. The van der Waals surface area contributed by atoms with E-state index in [0.29, 0.717) is 13.1 Å². The Morgan fingerprint density at radius 3 is 2.48 bits per heavy atom. The number of nitro groups is 1. The Balaban J connectivity index is 1.71. The monoisotopic (exact) mass is 389 g/mol. The minimum atomic E-state index is -0.714. The second-order valence-electron chi connectivity index (χ2n) is 6.16. The number of nitrogens with zero attached hydrogens (tertiary/aromatic N) is 3. The van der Waals surface area contributed by atoms with E-state index < -0.39 is 10.9 Å². The maximum absolute atomic E-state index is 12.8. The van der Waals surface area contributed by atoms with Crippen LogP contribution in [-0.2, 0) is 11.3 Å². The third kappa shape index (κ3) is 4.50. The van der Waals surface area contributed by atoms with Crippen molar-refractivity contribution in [2.45, 2.75) is 6.54 Å². The number of piperazine rings is 1. The van der Waals surface area contributed by atoms with E-state index in [4.69, 9.17) is 0 Å². The number of carbonyl (C=O) groups is 2. The molecule has 1 fully saturated rings. The van der Waals surface area contributed by atoms with E-state index in [9.17, 15) is 19.7 Å². The van der Waals surface area contributed by atoms with Gasteiger partial charge in [0.2, 0.25) is 0 Å². The Hall–Kier alpha value is -2.78. The van der Waals surface area contributed by atoms with Gasteiger partial charge >= 0.3 is 5.97 Å². The number of thiophene rings is 1. The largest absolute Gasteiger partial charge is 0.465 e. The fourth-order valence-corrected chi connectivity index (χ4v) is 3.74. The van der Waals surface area contributed by atoms with Gasteiger partial charge in [-0.15, -0.1) is 11.3 Å². The van der Waals surface area contributed by atoms with E-state index in [2.05, 4.69) is 15.7 Å². The van der Waals surface area contributed by atoms with Crippen molar-refractivity contribution < 1.29 is 19.2 Å². The average Bonchev–Trinajstić information content (AvgIpc) is 3.20. The van der Waals surface area contributed by atoms with Gasteiger partial charge in [0.15, 0.2) is 0 Å². The standard InChI is InChI=1S/C18H19N3O5S/c1-26-18(23)14-9-13(10-15(11-14)21(24)25)17(22)20-6-4-19(5-7-20)12-16-3-2-8-27-16/h2-3,8-11H,4-7,12H2,1H3. The summed E-state index contributed by atoms with van der Waals surface area (Å²) in [7, 11) is 1.19. The molecule has 0 atom stereocenters. The summed E-state index contributed by atoms with van der Waals surface area (Å²) in [5, 5.41) is 13.2. The third-order valence-electron chi connectivity index (χ3n) is 4.42. The summed E-state index contributed by atoms with van der Waals surface area (Å²) in [6, 6.07) is 7.76. The van der Waals surface area contributed by atoms with E-state index in [1.807, 2.05) is 11.4 Å². The fraction of sp³-hybridized carbons (Fsp3) is 0.333. The van der Waals surface area contributed by atoms with Gasteiger partial charge in [0.1, 0.15) is 0 Å². The number of non-ortho nitro benzene ring substituents is 1. The van der Waals surface area contributed by atoms with Gasteiger partial charge in [0, 0.05) is 55.3 Å². The summed E-state index contributed by atoms with van der Waals surface area (Å²) in [5.41, 5.74) is -0.194. The predicted octanol–water partition coefficient (Wildman–Crippen LogP) is 2.40. The highest BCUT2D eigenvalue weighted by Gasteiger charge is 2.25. The molecule has 2 heterocycles. The summed E-state index contributed by atoms with van der Waals surface area (Å²) < 4.78 is 4.62. The molecule has 0 saturated carbocycles. The highest BCUT2D eigenvalue weighted by atomic mass is 32.1. The van der Waals surface area contributed by atoms with Gasteiger partial charge in [0.25, 0.3) is 11.6 Å². The van der Waals surface area contributed by atoms with Gasteiger partial charge in [-0.1, -0.05) is 6.07 Å². The second kappa shape index (κ2) is 8.28. The lowest BCUT2D eigenvalue weighted by Gasteiger charge is -2.34. The number of methoxy groups -OCH3 is 1. The van der Waals surface area contributed by atoms with Crippen LogP contribution in [0.5, 0.6) is 0 Å². The van der Waals surface area contributed by atoms with Crippen molar-refractivity contribution in [3.63, 3.8) is 0 Å². The van der Waals surface area contributed by atoms with Crippen molar-refractivity contribution in [2.75, 3.05) is 33.3 Å². The van der Waals surface area contributed by atoms with E-state index in [-0.39, 0.29) is 22.7 Å². The molecule has 8 nitrogen and oxygen atoms in total. The van der Waals surface area contributed by atoms with Crippen LogP contribution in [0.15, 0.2) is 35.7 Å². The number of esters is 1. The van der Waals surface area contributed by atoms with Crippen LogP contribution in [0.4, 0.5) is 5.69 Å². The zero-order chi connectivity index (χ0) is 19.4. The predicted molar refractivity (Wildman–Crippen MR) is 99.9 cm³/mol. The number of carbonyl (C=O) groups excluding carboxylic acids is 2. The fourth-order valence-electron chi connectivity index (χ4n) is 2.99. The number of hydrogen-bond acceptors (Lipinski definition) is 7. The van der Waals surface area contributed by atoms with Gasteiger partial charge in [-0.05, 0) is 17.5 Å². The van der Waals surface area contributed by atoms with Crippen LogP contribution in [-0.4, -0.2) is 59.9 Å². The van der Waals surface area contributed by atoms with Crippen LogP contribution in [0.25, 0.3) is 0 Å². The van der Waals surface area contributed by atoms with E-state index in [0.717, 1.165) is 25.7 Å². The van der Waals surface area contributed by atoms with E-state index in [1.54, 1.807) is 16.2 Å². The second-order valence-corrected chi connectivity index (χ2v) is 7.20. The molecule has 1 aliphatic rings. The summed E-state index contributed by atoms with van der Waals surface area (Å²) >= 11 is 1.70. The van der Waals surface area contributed by atoms with Crippen molar-refractivity contribution in [1.82, 2.24) is 9.80 Å². The molecule has 1 saturated heterocycles. The topological polar surface area (TPSA) is 93.0 Å². The van der Waals surface area contributed by atoms with Crippen LogP contribution >= 0.6 is 11.3 Å². The van der Waals surface area contributed by atoms with Crippen molar-refractivity contribution in [1.29, 1.82) is 0 Å². The van der Waals surface area contributed by atoms with Crippen molar-refractivity contribution in [3.05, 3.63) is 61.8 Å². The van der Waals surface area contributed by atoms with E-state index in [1.165, 1.54) is 24.1 Å². The van der Waals surface area contributed by atoms with E-state index >= 15 is 0 Å². The van der Waals surface area contributed by atoms with Crippen molar-refractivity contribution in [3.8, 4) is 0 Å². The zero-order valence-electron chi connectivity index (χ0n) is 14.8. The number of hydrogen-bond donors (Lipinski definition) is 0. The van der Waals surface area contributed by atoms with Crippen LogP contribution < -0.4 is 0 Å². The SMILES string of the molecule is COC(=O)c1cc(C(=O)N2CCN(Cc3cccs3)CC2)cc([N+](=O)[O-])c1. The van der Waals surface area contributed by atoms with Gasteiger partial charge in [-0.25, -0.2) is 4.79 Å². The first-order chi connectivity index (χ1) is 13.0. The number of benzene rings is 1. The average molecular weight is 389 g/mol. The van der Waals surface area contributed by atoms with Gasteiger partial charge in [0.05, 0.1) is 17.6 Å². The Morgan fingerprint density at radius 2 is 1.89 bits per heavy atom. The summed E-state index contributed by atoms with van der Waals surface area (Å²) in [6.07, 6.45) is 0. The molecule has 0 spiro atoms. The molecule has 3 rings (SSSR count). The number of nitro benzene ring substituents is 1. The molecule has 1 aromatic carbocycles. The summed E-state index contributed by atoms with van der Waals surface area (Å²) in [4.78, 5) is 40.3. The molecule has 1 aliphatic heterocycles. The molecule has 1 amide bonds. The highest BCUT2D eigenvalue weighted by Crippen LogP contribution is 2.21. The lowest BCUT2D eigenvalue weighted by molar-refractivity contribution is -0.384. The highest BCUT2D eigenvalue weighted by molar-refractivity contribution is 7.09. The normalized spacial score (nSPS) is 14.8. The molecule has 1 aromatic heterocycles. The third-order valence-corrected chi connectivity index (χ3v) is 5.28. The van der Waals surface area contributed by atoms with Crippen LogP contribution in [0.3, 0.4) is 0 Å². The van der Waals surface area contributed by atoms with Gasteiger partial charge < -0.3 is 9.64 Å². The number of rotatable bonds is 5. The molecular weight excluding hydrogens is 370 g/mol. The quantitative estimate of drug-likeness (QED) is 0.443. The smallest absolute Gasteiger partial charge is 0.338 e. The first kappa shape index (κ1) is 19.0. The van der Waals surface area contributed by atoms with Gasteiger partial charge in [-0.2, -0.15) is 0 Å². The molecule has 0 unspecified atom stereocenters. The molecule has 0 bridgehead atoms. The minimum absolute atomic E-state index is 0.00798. The van der Waals surface area contributed by atoms with Gasteiger partial charge in [-0.3, -0.25) is 19.8 Å². The van der Waals surface area contributed by atoms with Crippen LogP contribution in [0, 0.1) is 10.1 Å². The lowest BCUT2D eigenvalue weighted by Crippen LogP contribution is -2.48. The van der Waals surface area contributed by atoms with Crippen LogP contribution in [0.1, 0.15) is 25.6 Å². The maximum atomic E-state index is 12.8. The van der Waals surface area contributed by atoms with Crippen LogP contribution in [0.2, 0.25) is 0 Å². The molecule has 9 heteroatoms. The molecule has 2 aromatic rings. The Morgan fingerprint density at radius 1 is 1.19 bits per heavy atom. The molecule has 142 valence electrons. The van der Waals surface area contributed by atoms with Crippen molar-refractivity contribution in [2.24, 2.45) is 0 Å². The Kier molecular flexibility index (Phi) is 5.82.